The van der Waals surface area contributed by atoms with Crippen LogP contribution in [0.25, 0.3) is 0 Å². The zero-order valence-corrected chi connectivity index (χ0v) is 10.9. The van der Waals surface area contributed by atoms with Crippen LogP contribution in [-0.2, 0) is 0 Å². The van der Waals surface area contributed by atoms with Gasteiger partial charge in [0.05, 0.1) is 24.9 Å². The van der Waals surface area contributed by atoms with Crippen molar-refractivity contribution in [2.45, 2.75) is 12.8 Å². The van der Waals surface area contributed by atoms with E-state index in [1.165, 1.54) is 0 Å². The second-order valence-electron chi connectivity index (χ2n) is 3.54. The SMILES string of the molecule is COc1cc(OC)c(NCCCCO)cc1Cl. The highest BCUT2D eigenvalue weighted by atomic mass is 35.5. The fourth-order valence-corrected chi connectivity index (χ4v) is 1.70. The standard InChI is InChI=1S/C12H18ClNO3/c1-16-11-8-12(17-2)10(7-9(11)13)14-5-3-4-6-15/h7-8,14-15H,3-6H2,1-2H3. The number of aliphatic hydroxyl groups is 1. The van der Waals surface area contributed by atoms with Crippen LogP contribution in [0.15, 0.2) is 12.1 Å². The summed E-state index contributed by atoms with van der Waals surface area (Å²) in [5.74, 6) is 1.28. The summed E-state index contributed by atoms with van der Waals surface area (Å²) < 4.78 is 10.4. The third-order valence-corrected chi connectivity index (χ3v) is 2.67. The maximum Gasteiger partial charge on any atom is 0.145 e. The average Bonchev–Trinajstić information content (AvgIpc) is 2.35. The van der Waals surface area contributed by atoms with Crippen molar-refractivity contribution in [2.24, 2.45) is 0 Å². The molecular weight excluding hydrogens is 242 g/mol. The van der Waals surface area contributed by atoms with Gasteiger partial charge in [-0.2, -0.15) is 0 Å². The molecule has 0 amide bonds. The molecule has 0 unspecified atom stereocenters. The van der Waals surface area contributed by atoms with Crippen LogP contribution >= 0.6 is 11.6 Å². The Morgan fingerprint density at radius 1 is 1.18 bits per heavy atom. The fourth-order valence-electron chi connectivity index (χ4n) is 1.46. The van der Waals surface area contributed by atoms with Crippen LogP contribution in [0, 0.1) is 0 Å². The number of ether oxygens (including phenoxy) is 2. The van der Waals surface area contributed by atoms with Gasteiger partial charge in [-0.3, -0.25) is 0 Å². The Balaban J connectivity index is 2.73. The summed E-state index contributed by atoms with van der Waals surface area (Å²) in [6, 6.07) is 3.52. The van der Waals surface area contributed by atoms with Gasteiger partial charge in [0, 0.05) is 19.2 Å². The van der Waals surface area contributed by atoms with Gasteiger partial charge in [0.15, 0.2) is 0 Å². The number of nitrogens with one attached hydrogen (secondary N) is 1. The van der Waals surface area contributed by atoms with E-state index in [9.17, 15) is 0 Å². The van der Waals surface area contributed by atoms with E-state index in [2.05, 4.69) is 5.32 Å². The minimum atomic E-state index is 0.210. The molecule has 1 rings (SSSR count). The first-order valence-corrected chi connectivity index (χ1v) is 5.87. The molecule has 4 nitrogen and oxygen atoms in total. The topological polar surface area (TPSA) is 50.7 Å². The van der Waals surface area contributed by atoms with Gasteiger partial charge in [-0.1, -0.05) is 11.6 Å². The molecule has 0 aliphatic heterocycles. The average molecular weight is 260 g/mol. The number of unbranched alkanes of at least 4 members (excludes halogenated alkanes) is 1. The van der Waals surface area contributed by atoms with Crippen molar-refractivity contribution in [1.82, 2.24) is 0 Å². The van der Waals surface area contributed by atoms with Crippen molar-refractivity contribution in [2.75, 3.05) is 32.7 Å². The van der Waals surface area contributed by atoms with E-state index in [-0.39, 0.29) is 6.61 Å². The van der Waals surface area contributed by atoms with E-state index in [1.807, 2.05) is 0 Å². The smallest absolute Gasteiger partial charge is 0.145 e. The molecule has 0 spiro atoms. The second-order valence-corrected chi connectivity index (χ2v) is 3.95. The van der Waals surface area contributed by atoms with Gasteiger partial charge in [0.1, 0.15) is 11.5 Å². The highest BCUT2D eigenvalue weighted by molar-refractivity contribution is 6.32. The predicted octanol–water partition coefficient (Wildman–Crippen LogP) is 2.54. The Hall–Kier alpha value is -1.13. The van der Waals surface area contributed by atoms with E-state index in [1.54, 1.807) is 26.4 Å². The molecule has 2 N–H and O–H groups in total. The maximum absolute atomic E-state index is 8.69. The van der Waals surface area contributed by atoms with Crippen molar-refractivity contribution < 1.29 is 14.6 Å². The van der Waals surface area contributed by atoms with Crippen LogP contribution in [0.2, 0.25) is 5.02 Å². The van der Waals surface area contributed by atoms with Crippen LogP contribution in [-0.4, -0.2) is 32.5 Å². The van der Waals surface area contributed by atoms with Crippen molar-refractivity contribution in [3.8, 4) is 11.5 Å². The summed E-state index contributed by atoms with van der Waals surface area (Å²) in [7, 11) is 3.16. The molecule has 0 heterocycles. The summed E-state index contributed by atoms with van der Waals surface area (Å²) in [5, 5.41) is 12.4. The molecule has 0 saturated heterocycles. The van der Waals surface area contributed by atoms with Crippen LogP contribution in [0.4, 0.5) is 5.69 Å². The summed E-state index contributed by atoms with van der Waals surface area (Å²) in [4.78, 5) is 0. The van der Waals surface area contributed by atoms with Crippen molar-refractivity contribution in [3.63, 3.8) is 0 Å². The van der Waals surface area contributed by atoms with E-state index >= 15 is 0 Å². The number of aliphatic hydroxyl groups excluding tert-OH is 1. The first-order valence-electron chi connectivity index (χ1n) is 5.49. The van der Waals surface area contributed by atoms with Gasteiger partial charge in [-0.25, -0.2) is 0 Å². The summed E-state index contributed by atoms with van der Waals surface area (Å²) >= 11 is 6.04. The second kappa shape index (κ2) is 7.25. The number of benzene rings is 1. The summed E-state index contributed by atoms with van der Waals surface area (Å²) in [5.41, 5.74) is 0.830. The lowest BCUT2D eigenvalue weighted by atomic mass is 10.2. The number of anilines is 1. The minimum Gasteiger partial charge on any atom is -0.495 e. The minimum absolute atomic E-state index is 0.210. The molecule has 0 aliphatic carbocycles. The third kappa shape index (κ3) is 3.98. The van der Waals surface area contributed by atoms with Crippen molar-refractivity contribution in [3.05, 3.63) is 17.2 Å². The summed E-state index contributed by atoms with van der Waals surface area (Å²) in [6.07, 6.45) is 1.67. The van der Waals surface area contributed by atoms with Crippen molar-refractivity contribution in [1.29, 1.82) is 0 Å². The Morgan fingerprint density at radius 3 is 2.47 bits per heavy atom. The van der Waals surface area contributed by atoms with Crippen LogP contribution in [0.5, 0.6) is 11.5 Å². The zero-order valence-electron chi connectivity index (χ0n) is 10.1. The number of hydrogen-bond acceptors (Lipinski definition) is 4. The Labute approximate surface area is 106 Å². The molecule has 0 saturated carbocycles. The Morgan fingerprint density at radius 2 is 1.88 bits per heavy atom. The highest BCUT2D eigenvalue weighted by Gasteiger charge is 2.09. The van der Waals surface area contributed by atoms with Gasteiger partial charge < -0.3 is 19.9 Å². The van der Waals surface area contributed by atoms with Crippen molar-refractivity contribution >= 4 is 17.3 Å². The van der Waals surface area contributed by atoms with Crippen LogP contribution in [0.3, 0.4) is 0 Å². The van der Waals surface area contributed by atoms with E-state index < -0.39 is 0 Å². The van der Waals surface area contributed by atoms with Gasteiger partial charge in [-0.15, -0.1) is 0 Å². The lowest BCUT2D eigenvalue weighted by Crippen LogP contribution is -2.04. The molecule has 0 radical (unpaired) electrons. The Kier molecular flexibility index (Phi) is 5.94. The molecule has 0 aliphatic rings. The highest BCUT2D eigenvalue weighted by Crippen LogP contribution is 2.35. The molecule has 1 aromatic rings. The molecule has 0 aromatic heterocycles. The van der Waals surface area contributed by atoms with Gasteiger partial charge in [-0.05, 0) is 18.9 Å². The van der Waals surface area contributed by atoms with E-state index in [0.717, 1.165) is 25.1 Å². The lowest BCUT2D eigenvalue weighted by molar-refractivity contribution is 0.286. The summed E-state index contributed by atoms with van der Waals surface area (Å²) in [6.45, 7) is 0.974. The fraction of sp³-hybridized carbons (Fsp3) is 0.500. The maximum atomic E-state index is 8.69. The van der Waals surface area contributed by atoms with Gasteiger partial charge >= 0.3 is 0 Å². The molecule has 5 heteroatoms. The molecule has 17 heavy (non-hydrogen) atoms. The lowest BCUT2D eigenvalue weighted by Gasteiger charge is -2.13. The number of rotatable bonds is 7. The quantitative estimate of drug-likeness (QED) is 0.739. The number of hydrogen-bond donors (Lipinski definition) is 2. The van der Waals surface area contributed by atoms with Gasteiger partial charge in [0.2, 0.25) is 0 Å². The Bertz CT molecular complexity index is 358. The third-order valence-electron chi connectivity index (χ3n) is 2.37. The van der Waals surface area contributed by atoms with Crippen LogP contribution < -0.4 is 14.8 Å². The zero-order chi connectivity index (χ0) is 12.7. The van der Waals surface area contributed by atoms with E-state index in [0.29, 0.717) is 16.5 Å². The molecule has 0 atom stereocenters. The number of halogens is 1. The molecular formula is C12H18ClNO3. The molecule has 1 aromatic carbocycles. The van der Waals surface area contributed by atoms with Crippen LogP contribution in [0.1, 0.15) is 12.8 Å². The van der Waals surface area contributed by atoms with E-state index in [4.69, 9.17) is 26.2 Å². The molecule has 96 valence electrons. The number of methoxy groups -OCH3 is 2. The first kappa shape index (κ1) is 13.9. The molecule has 0 fully saturated rings. The molecule has 0 bridgehead atoms. The largest absolute Gasteiger partial charge is 0.495 e. The monoisotopic (exact) mass is 259 g/mol. The first-order chi connectivity index (χ1) is 8.22. The predicted molar refractivity (Wildman–Crippen MR) is 69.4 cm³/mol. The normalized spacial score (nSPS) is 10.1. The van der Waals surface area contributed by atoms with Gasteiger partial charge in [0.25, 0.3) is 0 Å².